The van der Waals surface area contributed by atoms with E-state index in [4.69, 9.17) is 4.74 Å². The SMILES string of the molecule is COCc1nc(C2CC(NC(=O)CN3C(=O)NC(=O)C3(C)C)C2)cc(=O)[nH]1. The summed E-state index contributed by atoms with van der Waals surface area (Å²) in [7, 11) is 1.52. The van der Waals surface area contributed by atoms with Crippen molar-refractivity contribution in [2.45, 2.75) is 50.8 Å². The smallest absolute Gasteiger partial charge is 0.325 e. The van der Waals surface area contributed by atoms with E-state index in [0.29, 0.717) is 24.4 Å². The Morgan fingerprint density at radius 1 is 1.37 bits per heavy atom. The molecular formula is C17H23N5O5. The fourth-order valence-corrected chi connectivity index (χ4v) is 3.30. The summed E-state index contributed by atoms with van der Waals surface area (Å²) in [6.45, 7) is 3.22. The van der Waals surface area contributed by atoms with Gasteiger partial charge in [0.2, 0.25) is 5.91 Å². The average Bonchev–Trinajstić information content (AvgIpc) is 2.72. The number of carbonyl (C=O) groups excluding carboxylic acids is 3. The molecule has 0 unspecified atom stereocenters. The third-order valence-corrected chi connectivity index (χ3v) is 5.01. The van der Waals surface area contributed by atoms with Gasteiger partial charge < -0.3 is 19.9 Å². The van der Waals surface area contributed by atoms with Crippen LogP contribution in [0.3, 0.4) is 0 Å². The van der Waals surface area contributed by atoms with E-state index in [9.17, 15) is 19.2 Å². The van der Waals surface area contributed by atoms with Crippen molar-refractivity contribution in [2.75, 3.05) is 13.7 Å². The zero-order chi connectivity index (χ0) is 19.8. The third kappa shape index (κ3) is 3.85. The Morgan fingerprint density at radius 3 is 2.67 bits per heavy atom. The van der Waals surface area contributed by atoms with E-state index in [2.05, 4.69) is 20.6 Å². The van der Waals surface area contributed by atoms with E-state index < -0.39 is 17.5 Å². The van der Waals surface area contributed by atoms with Gasteiger partial charge in [0, 0.05) is 25.1 Å². The van der Waals surface area contributed by atoms with Crippen LogP contribution in [0.15, 0.2) is 10.9 Å². The number of urea groups is 1. The third-order valence-electron chi connectivity index (χ3n) is 5.01. The van der Waals surface area contributed by atoms with Gasteiger partial charge in [-0.3, -0.25) is 19.7 Å². The lowest BCUT2D eigenvalue weighted by Gasteiger charge is -2.36. The summed E-state index contributed by atoms with van der Waals surface area (Å²) in [5, 5.41) is 5.07. The lowest BCUT2D eigenvalue weighted by atomic mass is 9.78. The maximum absolute atomic E-state index is 12.2. The van der Waals surface area contributed by atoms with Crippen LogP contribution in [0.5, 0.6) is 0 Å². The Bertz CT molecular complexity index is 827. The summed E-state index contributed by atoms with van der Waals surface area (Å²) in [4.78, 5) is 55.7. The average molecular weight is 377 g/mol. The molecule has 2 heterocycles. The van der Waals surface area contributed by atoms with Crippen LogP contribution in [0.25, 0.3) is 0 Å². The highest BCUT2D eigenvalue weighted by Crippen LogP contribution is 2.35. The molecule has 1 aliphatic carbocycles. The van der Waals surface area contributed by atoms with Gasteiger partial charge in [-0.15, -0.1) is 0 Å². The quantitative estimate of drug-likeness (QED) is 0.578. The number of ether oxygens (including phenoxy) is 1. The van der Waals surface area contributed by atoms with Gasteiger partial charge in [-0.1, -0.05) is 0 Å². The van der Waals surface area contributed by atoms with Gasteiger partial charge in [0.1, 0.15) is 24.5 Å². The molecule has 0 bridgehead atoms. The van der Waals surface area contributed by atoms with Crippen LogP contribution in [0.1, 0.15) is 44.1 Å². The number of aromatic nitrogens is 2. The second-order valence-corrected chi connectivity index (χ2v) is 7.39. The van der Waals surface area contributed by atoms with Crippen LogP contribution < -0.4 is 16.2 Å². The number of carbonyl (C=O) groups is 3. The van der Waals surface area contributed by atoms with Crippen LogP contribution in [0.2, 0.25) is 0 Å². The second-order valence-electron chi connectivity index (χ2n) is 7.39. The molecule has 1 aromatic heterocycles. The summed E-state index contributed by atoms with van der Waals surface area (Å²) >= 11 is 0. The number of imide groups is 1. The number of rotatable bonds is 6. The summed E-state index contributed by atoms with van der Waals surface area (Å²) in [6, 6.07) is 0.842. The fraction of sp³-hybridized carbons (Fsp3) is 0.588. The van der Waals surface area contributed by atoms with Gasteiger partial charge in [-0.25, -0.2) is 9.78 Å². The maximum atomic E-state index is 12.2. The van der Waals surface area contributed by atoms with Crippen LogP contribution in [0, 0.1) is 0 Å². The Hall–Kier alpha value is -2.75. The molecule has 10 nitrogen and oxygen atoms in total. The summed E-state index contributed by atoms with van der Waals surface area (Å²) in [5.41, 5.74) is -0.600. The highest BCUT2D eigenvalue weighted by Gasteiger charge is 2.46. The van der Waals surface area contributed by atoms with Crippen molar-refractivity contribution in [3.05, 3.63) is 27.9 Å². The Labute approximate surface area is 155 Å². The molecule has 0 radical (unpaired) electrons. The van der Waals surface area contributed by atoms with Crippen molar-refractivity contribution in [1.29, 1.82) is 0 Å². The van der Waals surface area contributed by atoms with E-state index in [1.807, 2.05) is 0 Å². The molecule has 146 valence electrons. The van der Waals surface area contributed by atoms with Crippen molar-refractivity contribution >= 4 is 17.8 Å². The lowest BCUT2D eigenvalue weighted by molar-refractivity contribution is -0.127. The van der Waals surface area contributed by atoms with Crippen LogP contribution in [-0.4, -0.2) is 57.9 Å². The number of H-pyrrole nitrogens is 1. The molecule has 1 aliphatic heterocycles. The standard InChI is InChI=1S/C17H23N5O5/c1-17(2)15(25)21-16(26)22(17)7-14(24)18-10-4-9(5-10)11-6-13(23)20-12(19-11)8-27-3/h6,9-10H,4-5,7-8H2,1-3H3,(H,18,24)(H,19,20,23)(H,21,25,26). The maximum Gasteiger partial charge on any atom is 0.325 e. The van der Waals surface area contributed by atoms with Crippen molar-refractivity contribution in [1.82, 2.24) is 25.5 Å². The first-order chi connectivity index (χ1) is 12.7. The zero-order valence-corrected chi connectivity index (χ0v) is 15.5. The first-order valence-corrected chi connectivity index (χ1v) is 8.72. The van der Waals surface area contributed by atoms with Crippen LogP contribution in [-0.2, 0) is 20.9 Å². The molecule has 3 rings (SSSR count). The molecule has 10 heteroatoms. The molecule has 4 amide bonds. The van der Waals surface area contributed by atoms with E-state index in [-0.39, 0.29) is 36.6 Å². The summed E-state index contributed by atoms with van der Waals surface area (Å²) in [6.07, 6.45) is 1.31. The normalized spacial score (nSPS) is 23.7. The molecule has 1 saturated carbocycles. The Morgan fingerprint density at radius 2 is 2.07 bits per heavy atom. The molecule has 0 aromatic carbocycles. The van der Waals surface area contributed by atoms with Gasteiger partial charge in [0.15, 0.2) is 0 Å². The van der Waals surface area contributed by atoms with E-state index >= 15 is 0 Å². The number of nitrogens with one attached hydrogen (secondary N) is 3. The van der Waals surface area contributed by atoms with Crippen LogP contribution in [0.4, 0.5) is 4.79 Å². The number of hydrogen-bond donors (Lipinski definition) is 3. The van der Waals surface area contributed by atoms with Gasteiger partial charge in [0.25, 0.3) is 11.5 Å². The van der Waals surface area contributed by atoms with Gasteiger partial charge in [-0.05, 0) is 26.7 Å². The minimum atomic E-state index is -1.05. The van der Waals surface area contributed by atoms with Crippen molar-refractivity contribution in [3.63, 3.8) is 0 Å². The lowest BCUT2D eigenvalue weighted by Crippen LogP contribution is -2.52. The number of nitrogens with zero attached hydrogens (tertiary/aromatic N) is 2. The topological polar surface area (TPSA) is 133 Å². The number of hydrogen-bond acceptors (Lipinski definition) is 6. The molecule has 2 aliphatic rings. The van der Waals surface area contributed by atoms with Crippen molar-refractivity contribution in [2.24, 2.45) is 0 Å². The molecule has 1 saturated heterocycles. The first-order valence-electron chi connectivity index (χ1n) is 8.72. The predicted molar refractivity (Wildman–Crippen MR) is 93.8 cm³/mol. The summed E-state index contributed by atoms with van der Waals surface area (Å²) < 4.78 is 4.99. The molecule has 0 atom stereocenters. The second kappa shape index (κ2) is 7.10. The Balaban J connectivity index is 1.53. The molecule has 3 N–H and O–H groups in total. The minimum absolute atomic E-state index is 0.0565. The number of methoxy groups -OCH3 is 1. The van der Waals surface area contributed by atoms with Gasteiger partial charge in [-0.2, -0.15) is 0 Å². The monoisotopic (exact) mass is 377 g/mol. The number of amides is 4. The fourth-order valence-electron chi connectivity index (χ4n) is 3.30. The van der Waals surface area contributed by atoms with E-state index in [1.165, 1.54) is 18.1 Å². The predicted octanol–water partition coefficient (Wildman–Crippen LogP) is -0.391. The molecule has 1 aromatic rings. The highest BCUT2D eigenvalue weighted by molar-refractivity contribution is 6.07. The van der Waals surface area contributed by atoms with Crippen molar-refractivity contribution < 1.29 is 19.1 Å². The molecule has 0 spiro atoms. The molecule has 27 heavy (non-hydrogen) atoms. The largest absolute Gasteiger partial charge is 0.377 e. The van der Waals surface area contributed by atoms with Crippen molar-refractivity contribution in [3.8, 4) is 0 Å². The van der Waals surface area contributed by atoms with E-state index in [0.717, 1.165) is 0 Å². The van der Waals surface area contributed by atoms with Gasteiger partial charge in [0.05, 0.1) is 5.69 Å². The zero-order valence-electron chi connectivity index (χ0n) is 15.5. The Kier molecular flexibility index (Phi) is 5.01. The van der Waals surface area contributed by atoms with Crippen LogP contribution >= 0.6 is 0 Å². The molecular weight excluding hydrogens is 354 g/mol. The summed E-state index contributed by atoms with van der Waals surface area (Å²) in [5.74, 6) is -0.188. The minimum Gasteiger partial charge on any atom is -0.377 e. The highest BCUT2D eigenvalue weighted by atomic mass is 16.5. The molecule has 2 fully saturated rings. The first kappa shape index (κ1) is 19.0. The van der Waals surface area contributed by atoms with Gasteiger partial charge >= 0.3 is 6.03 Å². The number of aromatic amines is 1. The van der Waals surface area contributed by atoms with E-state index in [1.54, 1.807) is 13.8 Å².